The standard InChI is InChI=1S/C26H50O3/c1-21(28-19-17-22-12-9-8-10-13-22)29-24(16-18-27)15-11-14-23(26(5,6)7)20-25(2,3)4/h16,21-23,27H,8-15,17-20H2,1-7H3. The normalized spacial score (nSPS) is 19.2. The molecular weight excluding hydrogens is 360 g/mol. The van der Waals surface area contributed by atoms with Crippen molar-refractivity contribution >= 4 is 0 Å². The molecule has 0 aromatic rings. The van der Waals surface area contributed by atoms with Crippen LogP contribution in [0.15, 0.2) is 11.8 Å². The zero-order valence-corrected chi connectivity index (χ0v) is 20.6. The lowest BCUT2D eigenvalue weighted by Crippen LogP contribution is -2.25. The summed E-state index contributed by atoms with van der Waals surface area (Å²) in [6.07, 6.45) is 13.9. The number of aliphatic hydroxyl groups excluding tert-OH is 1. The van der Waals surface area contributed by atoms with Crippen molar-refractivity contribution < 1.29 is 14.6 Å². The Balaban J connectivity index is 2.40. The highest BCUT2D eigenvalue weighted by atomic mass is 16.7. The van der Waals surface area contributed by atoms with Gasteiger partial charge in [0.05, 0.1) is 19.0 Å². The minimum atomic E-state index is -0.246. The van der Waals surface area contributed by atoms with Gasteiger partial charge in [0.25, 0.3) is 0 Å². The molecule has 0 bridgehead atoms. The van der Waals surface area contributed by atoms with Crippen molar-refractivity contribution in [2.45, 2.75) is 119 Å². The molecule has 29 heavy (non-hydrogen) atoms. The van der Waals surface area contributed by atoms with Gasteiger partial charge in [0.2, 0.25) is 0 Å². The van der Waals surface area contributed by atoms with Crippen molar-refractivity contribution in [2.75, 3.05) is 13.2 Å². The molecule has 1 rings (SSSR count). The first-order valence-corrected chi connectivity index (χ1v) is 12.1. The van der Waals surface area contributed by atoms with Crippen LogP contribution >= 0.6 is 0 Å². The number of aliphatic hydroxyl groups is 1. The number of ether oxygens (including phenoxy) is 2. The van der Waals surface area contributed by atoms with Gasteiger partial charge < -0.3 is 14.6 Å². The molecule has 2 unspecified atom stereocenters. The van der Waals surface area contributed by atoms with Gasteiger partial charge in [-0.25, -0.2) is 0 Å². The predicted molar refractivity (Wildman–Crippen MR) is 124 cm³/mol. The Morgan fingerprint density at radius 1 is 1.07 bits per heavy atom. The summed E-state index contributed by atoms with van der Waals surface area (Å²) in [6.45, 7) is 16.8. The zero-order chi connectivity index (χ0) is 21.9. The van der Waals surface area contributed by atoms with E-state index in [9.17, 15) is 5.11 Å². The first kappa shape index (κ1) is 26.5. The van der Waals surface area contributed by atoms with Crippen LogP contribution in [0.25, 0.3) is 0 Å². The fourth-order valence-electron chi connectivity index (χ4n) is 4.54. The SMILES string of the molecule is CC(OCCC1CCCCC1)OC(=CCO)CCCC(CC(C)(C)C)C(C)(C)C. The Kier molecular flexibility index (Phi) is 11.9. The highest BCUT2D eigenvalue weighted by Gasteiger charge is 2.28. The van der Waals surface area contributed by atoms with E-state index in [2.05, 4.69) is 41.5 Å². The van der Waals surface area contributed by atoms with E-state index in [1.807, 2.05) is 6.92 Å². The number of rotatable bonds is 12. The lowest BCUT2D eigenvalue weighted by atomic mass is 9.70. The van der Waals surface area contributed by atoms with Gasteiger partial charge in [-0.05, 0) is 61.3 Å². The van der Waals surface area contributed by atoms with Gasteiger partial charge >= 0.3 is 0 Å². The first-order chi connectivity index (χ1) is 13.5. The van der Waals surface area contributed by atoms with Gasteiger partial charge in [-0.2, -0.15) is 0 Å². The quantitative estimate of drug-likeness (QED) is 0.268. The molecule has 0 radical (unpaired) electrons. The highest BCUT2D eigenvalue weighted by Crippen LogP contribution is 2.39. The van der Waals surface area contributed by atoms with E-state index in [0.717, 1.165) is 37.5 Å². The fraction of sp³-hybridized carbons (Fsp3) is 0.923. The molecular formula is C26H50O3. The molecule has 3 heteroatoms. The van der Waals surface area contributed by atoms with Crippen LogP contribution in [0.5, 0.6) is 0 Å². The summed E-state index contributed by atoms with van der Waals surface area (Å²) < 4.78 is 12.0. The molecule has 0 spiro atoms. The minimum absolute atomic E-state index is 0.0226. The van der Waals surface area contributed by atoms with E-state index in [4.69, 9.17) is 9.47 Å². The van der Waals surface area contributed by atoms with E-state index in [-0.39, 0.29) is 12.9 Å². The molecule has 3 nitrogen and oxygen atoms in total. The Hall–Kier alpha value is -0.540. The summed E-state index contributed by atoms with van der Waals surface area (Å²) in [7, 11) is 0. The first-order valence-electron chi connectivity index (χ1n) is 12.1. The Bertz CT molecular complexity index is 450. The fourth-order valence-corrected chi connectivity index (χ4v) is 4.54. The van der Waals surface area contributed by atoms with Crippen LogP contribution in [0.4, 0.5) is 0 Å². The second kappa shape index (κ2) is 13.0. The third kappa shape index (κ3) is 12.7. The van der Waals surface area contributed by atoms with E-state index in [1.165, 1.54) is 44.9 Å². The van der Waals surface area contributed by atoms with Gasteiger partial charge in [-0.15, -0.1) is 0 Å². The van der Waals surface area contributed by atoms with Crippen LogP contribution in [0.2, 0.25) is 0 Å². The molecule has 0 saturated heterocycles. The summed E-state index contributed by atoms with van der Waals surface area (Å²) in [5, 5.41) is 9.39. The van der Waals surface area contributed by atoms with E-state index >= 15 is 0 Å². The molecule has 172 valence electrons. The Labute approximate surface area is 181 Å². The largest absolute Gasteiger partial charge is 0.470 e. The summed E-state index contributed by atoms with van der Waals surface area (Å²) in [6, 6.07) is 0. The van der Waals surface area contributed by atoms with Gasteiger partial charge in [0.15, 0.2) is 6.29 Å². The number of hydrogen-bond donors (Lipinski definition) is 1. The average Bonchev–Trinajstić information content (AvgIpc) is 2.60. The third-order valence-electron chi connectivity index (χ3n) is 6.30. The Morgan fingerprint density at radius 3 is 2.28 bits per heavy atom. The third-order valence-corrected chi connectivity index (χ3v) is 6.30. The molecule has 1 N–H and O–H groups in total. The van der Waals surface area contributed by atoms with Crippen LogP contribution in [0, 0.1) is 22.7 Å². The second-order valence-electron chi connectivity index (χ2n) is 11.4. The smallest absolute Gasteiger partial charge is 0.196 e. The maximum absolute atomic E-state index is 9.39. The van der Waals surface area contributed by atoms with Crippen molar-refractivity contribution in [3.05, 3.63) is 11.8 Å². The lowest BCUT2D eigenvalue weighted by molar-refractivity contribution is -0.109. The second-order valence-corrected chi connectivity index (χ2v) is 11.4. The Morgan fingerprint density at radius 2 is 1.72 bits per heavy atom. The average molecular weight is 411 g/mol. The van der Waals surface area contributed by atoms with Crippen LogP contribution in [0.3, 0.4) is 0 Å². The monoisotopic (exact) mass is 410 g/mol. The molecule has 0 heterocycles. The van der Waals surface area contributed by atoms with Crippen molar-refractivity contribution in [3.63, 3.8) is 0 Å². The van der Waals surface area contributed by atoms with Crippen LogP contribution in [-0.2, 0) is 9.47 Å². The molecule has 1 aliphatic rings. The van der Waals surface area contributed by atoms with Crippen molar-refractivity contribution in [1.82, 2.24) is 0 Å². The summed E-state index contributed by atoms with van der Waals surface area (Å²) in [4.78, 5) is 0. The summed E-state index contributed by atoms with van der Waals surface area (Å²) in [5.74, 6) is 2.39. The maximum Gasteiger partial charge on any atom is 0.196 e. The molecule has 1 aliphatic carbocycles. The van der Waals surface area contributed by atoms with Crippen molar-refractivity contribution in [2.24, 2.45) is 22.7 Å². The molecule has 0 aliphatic heterocycles. The van der Waals surface area contributed by atoms with Crippen LogP contribution in [0.1, 0.15) is 113 Å². The molecule has 0 aromatic heterocycles. The van der Waals surface area contributed by atoms with Gasteiger partial charge in [0, 0.05) is 6.42 Å². The topological polar surface area (TPSA) is 38.7 Å². The number of hydrogen-bond acceptors (Lipinski definition) is 3. The van der Waals surface area contributed by atoms with E-state index in [1.54, 1.807) is 6.08 Å². The van der Waals surface area contributed by atoms with Crippen LogP contribution in [-0.4, -0.2) is 24.6 Å². The molecule has 2 atom stereocenters. The maximum atomic E-state index is 9.39. The predicted octanol–water partition coefficient (Wildman–Crippen LogP) is 7.48. The van der Waals surface area contributed by atoms with Crippen molar-refractivity contribution in [1.29, 1.82) is 0 Å². The van der Waals surface area contributed by atoms with E-state index in [0.29, 0.717) is 16.7 Å². The lowest BCUT2D eigenvalue weighted by Gasteiger charge is -2.36. The molecule has 0 aromatic carbocycles. The molecule has 0 amide bonds. The number of allylic oxidation sites excluding steroid dienone is 1. The van der Waals surface area contributed by atoms with Crippen molar-refractivity contribution in [3.8, 4) is 0 Å². The summed E-state index contributed by atoms with van der Waals surface area (Å²) >= 11 is 0. The van der Waals surface area contributed by atoms with Crippen LogP contribution < -0.4 is 0 Å². The van der Waals surface area contributed by atoms with Gasteiger partial charge in [-0.1, -0.05) is 73.6 Å². The van der Waals surface area contributed by atoms with E-state index < -0.39 is 0 Å². The van der Waals surface area contributed by atoms with Gasteiger partial charge in [0.1, 0.15) is 0 Å². The van der Waals surface area contributed by atoms with Gasteiger partial charge in [-0.3, -0.25) is 0 Å². The summed E-state index contributed by atoms with van der Waals surface area (Å²) in [5.41, 5.74) is 0.656. The highest BCUT2D eigenvalue weighted by molar-refractivity contribution is 4.93. The molecule has 1 fully saturated rings. The molecule has 1 saturated carbocycles. The zero-order valence-electron chi connectivity index (χ0n) is 20.6. The minimum Gasteiger partial charge on any atom is -0.470 e.